The highest BCUT2D eigenvalue weighted by atomic mass is 16.1. The lowest BCUT2D eigenvalue weighted by molar-refractivity contribution is 0.0839. The maximum absolute atomic E-state index is 15.3. The molecule has 0 N–H and O–H groups in total. The van der Waals surface area contributed by atoms with Crippen molar-refractivity contribution in [3.05, 3.63) is 241 Å². The Kier molecular flexibility index (Phi) is 5.37. The Morgan fingerprint density at radius 1 is 0.397 bits per heavy atom. The number of Topliss-reactive ketones (excluding diaryl/α,β-unsaturated/α-hetero) is 2. The molecule has 6 atom stereocenters. The first-order valence-corrected chi connectivity index (χ1v) is 23.0. The topological polar surface area (TPSA) is 38.5 Å². The van der Waals surface area contributed by atoms with Gasteiger partial charge in [0.25, 0.3) is 0 Å². The largest absolute Gasteiger partial charge is 0.308 e. The van der Waals surface area contributed by atoms with Gasteiger partial charge >= 0.3 is 0 Å². The van der Waals surface area contributed by atoms with E-state index < -0.39 is 0 Å². The molecule has 0 saturated carbocycles. The zero-order valence-electron chi connectivity index (χ0n) is 34.3. The van der Waals surface area contributed by atoms with E-state index in [0.29, 0.717) is 0 Å². The number of carbonyl (C=O) groups is 2. The summed E-state index contributed by atoms with van der Waals surface area (Å²) in [5.74, 6) is 0.338. The number of hydrogen-bond acceptors (Lipinski definition) is 2. The Labute approximate surface area is 363 Å². The smallest absolute Gasteiger partial charge is 0.171 e. The lowest BCUT2D eigenvalue weighted by atomic mass is 9.36. The molecule has 0 fully saturated rings. The van der Waals surface area contributed by atoms with Crippen LogP contribution in [0.15, 0.2) is 152 Å². The van der Waals surface area contributed by atoms with Gasteiger partial charge in [0.15, 0.2) is 11.6 Å². The van der Waals surface area contributed by atoms with E-state index in [4.69, 9.17) is 0 Å². The monoisotopic (exact) mass is 803 g/mol. The number of benzene rings is 8. The number of carbonyl (C=O) groups excluding carboxylic acids is 2. The third-order valence-electron chi connectivity index (χ3n) is 17.8. The molecule has 294 valence electrons. The minimum Gasteiger partial charge on any atom is -0.308 e. The summed E-state index contributed by atoms with van der Waals surface area (Å²) >= 11 is 0. The fourth-order valence-electron chi connectivity index (χ4n) is 15.6. The highest BCUT2D eigenvalue weighted by molar-refractivity contribution is 6.27. The minimum atomic E-state index is -0.314. The van der Waals surface area contributed by atoms with Crippen molar-refractivity contribution in [3.63, 3.8) is 0 Å². The number of nitrogens with zero attached hydrogens (tertiary/aromatic N) is 1. The molecule has 63 heavy (non-hydrogen) atoms. The number of aromatic nitrogens is 1. The molecule has 7 aliphatic carbocycles. The lowest BCUT2D eigenvalue weighted by Gasteiger charge is -2.64. The first-order valence-electron chi connectivity index (χ1n) is 23.0. The van der Waals surface area contributed by atoms with Gasteiger partial charge in [-0.25, -0.2) is 0 Å². The third kappa shape index (κ3) is 3.27. The van der Waals surface area contributed by atoms with Crippen LogP contribution in [-0.2, 0) is 36.5 Å². The van der Waals surface area contributed by atoms with Crippen LogP contribution >= 0.6 is 0 Å². The zero-order chi connectivity index (χ0) is 40.8. The molecule has 3 nitrogen and oxygen atoms in total. The number of ketones is 2. The minimum absolute atomic E-state index is 0.121. The third-order valence-corrected chi connectivity index (χ3v) is 17.8. The molecule has 0 aliphatic heterocycles. The van der Waals surface area contributed by atoms with Crippen LogP contribution in [0.1, 0.15) is 122 Å². The van der Waals surface area contributed by atoms with Crippen LogP contribution in [0.5, 0.6) is 0 Å². The fraction of sp³-hybridized carbons (Fsp3) is 0.167. The molecule has 4 bridgehead atoms. The molecule has 0 amide bonds. The van der Waals surface area contributed by atoms with Crippen molar-refractivity contribution in [1.82, 2.24) is 4.40 Å². The van der Waals surface area contributed by atoms with E-state index >= 15 is 9.59 Å². The van der Waals surface area contributed by atoms with Crippen molar-refractivity contribution in [3.8, 4) is 0 Å². The molecule has 17 rings (SSSR count). The lowest BCUT2D eigenvalue weighted by Crippen LogP contribution is -2.61. The van der Waals surface area contributed by atoms with Crippen molar-refractivity contribution in [2.75, 3.05) is 0 Å². The maximum atomic E-state index is 15.3. The molecule has 2 aromatic heterocycles. The van der Waals surface area contributed by atoms with Gasteiger partial charge in [-0.1, -0.05) is 127 Å². The molecular formula is C60H37NO2. The van der Waals surface area contributed by atoms with Crippen LogP contribution in [0.25, 0.3) is 38.1 Å². The van der Waals surface area contributed by atoms with Crippen molar-refractivity contribution in [2.24, 2.45) is 0 Å². The number of fused-ring (bicyclic) bond motifs is 24. The Bertz CT molecular complexity index is 3660. The van der Waals surface area contributed by atoms with Gasteiger partial charge in [0.2, 0.25) is 0 Å². The fourth-order valence-corrected chi connectivity index (χ4v) is 15.6. The standard InChI is InChI=1S/C60H37NO2/c62-57-40-28-48-42(26-38(40)52-34-12-1-5-16-44(34)59(52)46-18-7-3-14-36(46)54(57)59)50-32-22-20-30-10-9-11-31(24-30)21-23-33(25-32)51-43-27-39-41(29-49(43)61(48)56(50)51)58(63)55-37-15-4-8-19-47(37)60(55)45-17-6-2-13-35(45)53(39)60/h1-19,24-29,52-55H,20-23H2. The van der Waals surface area contributed by atoms with Gasteiger partial charge in [0.05, 0.1) is 28.4 Å². The van der Waals surface area contributed by atoms with E-state index in [1.165, 1.54) is 105 Å². The summed E-state index contributed by atoms with van der Waals surface area (Å²) in [6, 6.07) is 56.4. The zero-order valence-corrected chi connectivity index (χ0v) is 34.3. The first-order chi connectivity index (χ1) is 31.1. The van der Waals surface area contributed by atoms with Gasteiger partial charge in [-0.15, -0.1) is 0 Å². The Morgan fingerprint density at radius 3 is 1.25 bits per heavy atom. The van der Waals surface area contributed by atoms with Crippen molar-refractivity contribution < 1.29 is 9.59 Å². The SMILES string of the molecule is O=C1c2cc3c(cc2C2c4ccccc4C24c2ccccc2C14)c1c2cc(c4c5cc6c(cc5n3c14)C(=O)C1c3ccccc3C13c1ccccc1C63)CCc1cccc(c1)CC2. The highest BCUT2D eigenvalue weighted by Gasteiger charge is 2.70. The molecule has 2 heterocycles. The molecular weight excluding hydrogens is 767 g/mol. The molecule has 3 heteroatoms. The first kappa shape index (κ1) is 32.6. The van der Waals surface area contributed by atoms with Crippen LogP contribution in [-0.4, -0.2) is 16.0 Å². The summed E-state index contributed by atoms with van der Waals surface area (Å²) < 4.78 is 2.49. The van der Waals surface area contributed by atoms with Crippen molar-refractivity contribution in [2.45, 2.75) is 60.2 Å². The second kappa shape index (κ2) is 10.4. The van der Waals surface area contributed by atoms with Crippen LogP contribution in [0, 0.1) is 0 Å². The second-order valence-corrected chi connectivity index (χ2v) is 19.9. The van der Waals surface area contributed by atoms with Crippen molar-refractivity contribution in [1.29, 1.82) is 0 Å². The van der Waals surface area contributed by atoms with Gasteiger partial charge in [-0.3, -0.25) is 9.59 Å². The average molecular weight is 804 g/mol. The summed E-state index contributed by atoms with van der Waals surface area (Å²) in [4.78, 5) is 30.6. The summed E-state index contributed by atoms with van der Waals surface area (Å²) in [7, 11) is 0. The maximum Gasteiger partial charge on any atom is 0.171 e. The molecule has 6 unspecified atom stereocenters. The summed E-state index contributed by atoms with van der Waals surface area (Å²) in [5, 5.41) is 5.08. The molecule has 8 aromatic carbocycles. The van der Waals surface area contributed by atoms with Gasteiger partial charge in [-0.05, 0) is 128 Å². The predicted molar refractivity (Wildman–Crippen MR) is 248 cm³/mol. The van der Waals surface area contributed by atoms with Gasteiger partial charge < -0.3 is 4.40 Å². The van der Waals surface area contributed by atoms with Crippen LogP contribution in [0.3, 0.4) is 0 Å². The average Bonchev–Trinajstić information content (AvgIpc) is 3.79. The number of aryl methyl sites for hydroxylation is 4. The molecule has 0 radical (unpaired) electrons. The van der Waals surface area contributed by atoms with Gasteiger partial charge in [0, 0.05) is 55.3 Å². The molecule has 2 spiro atoms. The molecule has 0 saturated heterocycles. The van der Waals surface area contributed by atoms with Gasteiger partial charge in [0.1, 0.15) is 0 Å². The number of hydrogen-bond donors (Lipinski definition) is 0. The van der Waals surface area contributed by atoms with Crippen molar-refractivity contribution >= 4 is 49.7 Å². The van der Waals surface area contributed by atoms with E-state index in [-0.39, 0.29) is 46.1 Å². The quantitative estimate of drug-likeness (QED) is 0.153. The van der Waals surface area contributed by atoms with Crippen LogP contribution in [0.2, 0.25) is 0 Å². The Hall–Kier alpha value is -7.10. The summed E-state index contributed by atoms with van der Waals surface area (Å²) in [5.41, 5.74) is 22.7. The van der Waals surface area contributed by atoms with E-state index in [1.807, 2.05) is 0 Å². The van der Waals surface area contributed by atoms with Gasteiger partial charge in [-0.2, -0.15) is 0 Å². The second-order valence-electron chi connectivity index (χ2n) is 19.9. The normalized spacial score (nSPS) is 25.7. The van der Waals surface area contributed by atoms with Crippen LogP contribution in [0.4, 0.5) is 0 Å². The van der Waals surface area contributed by atoms with E-state index in [0.717, 1.165) is 47.8 Å². The van der Waals surface area contributed by atoms with Crippen LogP contribution < -0.4 is 0 Å². The van der Waals surface area contributed by atoms with E-state index in [1.54, 1.807) is 0 Å². The predicted octanol–water partition coefficient (Wildman–Crippen LogP) is 12.2. The summed E-state index contributed by atoms with van der Waals surface area (Å²) in [6.07, 6.45) is 3.80. The summed E-state index contributed by atoms with van der Waals surface area (Å²) in [6.45, 7) is 0. The molecule has 7 aliphatic rings. The Morgan fingerprint density at radius 2 is 0.810 bits per heavy atom. The number of rotatable bonds is 0. The Balaban J connectivity index is 0.991. The molecule has 10 aromatic rings. The van der Waals surface area contributed by atoms with E-state index in [9.17, 15) is 0 Å². The van der Waals surface area contributed by atoms with E-state index in [2.05, 4.69) is 156 Å². The highest BCUT2D eigenvalue weighted by Crippen LogP contribution is 2.75.